The monoisotopic (exact) mass is 346 g/mol. The summed E-state index contributed by atoms with van der Waals surface area (Å²) in [5.41, 5.74) is 1.91. The Balaban J connectivity index is 1.99. The number of nitrogens with zero attached hydrogens (tertiary/aromatic N) is 1. The lowest BCUT2D eigenvalue weighted by atomic mass is 10.2. The van der Waals surface area contributed by atoms with E-state index in [0.717, 1.165) is 11.3 Å². The fraction of sp³-hybridized carbons (Fsp3) is 0.316. The number of ether oxygens (including phenoxy) is 1. The van der Waals surface area contributed by atoms with Gasteiger partial charge in [-0.1, -0.05) is 41.9 Å². The molecule has 0 heterocycles. The predicted molar refractivity (Wildman–Crippen MR) is 98.6 cm³/mol. The Kier molecular flexibility index (Phi) is 6.50. The summed E-state index contributed by atoms with van der Waals surface area (Å²) in [5.74, 6) is 0.655. The summed E-state index contributed by atoms with van der Waals surface area (Å²) in [6, 6.07) is 15.5. The van der Waals surface area contributed by atoms with Crippen LogP contribution in [0.1, 0.15) is 19.4 Å². The molecule has 0 spiro atoms. The average Bonchev–Trinajstić information content (AvgIpc) is 2.58. The smallest absolute Gasteiger partial charge is 0.242 e. The molecule has 0 atom stereocenters. The summed E-state index contributed by atoms with van der Waals surface area (Å²) in [5, 5.41) is 3.64. The quantitative estimate of drug-likeness (QED) is 0.817. The molecule has 5 heteroatoms. The van der Waals surface area contributed by atoms with Crippen molar-refractivity contribution >= 4 is 23.2 Å². The van der Waals surface area contributed by atoms with Gasteiger partial charge in [-0.25, -0.2) is 0 Å². The number of amides is 1. The van der Waals surface area contributed by atoms with Crippen LogP contribution in [0.5, 0.6) is 5.75 Å². The highest BCUT2D eigenvalue weighted by Crippen LogP contribution is 2.27. The first-order valence-electron chi connectivity index (χ1n) is 7.92. The first-order chi connectivity index (χ1) is 11.5. The molecule has 2 aromatic carbocycles. The van der Waals surface area contributed by atoms with Crippen LogP contribution in [0.2, 0.25) is 5.02 Å². The van der Waals surface area contributed by atoms with Crippen LogP contribution in [0.4, 0.5) is 5.69 Å². The maximum absolute atomic E-state index is 12.6. The van der Waals surface area contributed by atoms with Crippen molar-refractivity contribution in [3.05, 3.63) is 59.1 Å². The molecule has 2 rings (SSSR count). The maximum atomic E-state index is 12.6. The van der Waals surface area contributed by atoms with E-state index < -0.39 is 0 Å². The molecule has 0 fully saturated rings. The molecule has 4 nitrogen and oxygen atoms in total. The maximum Gasteiger partial charge on any atom is 0.242 e. The molecule has 0 bridgehead atoms. The topological polar surface area (TPSA) is 41.6 Å². The Labute approximate surface area is 148 Å². The number of nitrogens with one attached hydrogen (secondary N) is 1. The number of carbonyl (C=O) groups excluding carboxylic acids is 1. The largest absolute Gasteiger partial charge is 0.495 e. The normalized spacial score (nSPS) is 10.5. The van der Waals surface area contributed by atoms with E-state index in [2.05, 4.69) is 5.32 Å². The fourth-order valence-electron chi connectivity index (χ4n) is 2.39. The first-order valence-corrected chi connectivity index (χ1v) is 8.30. The third kappa shape index (κ3) is 4.90. The van der Waals surface area contributed by atoms with E-state index in [4.69, 9.17) is 16.3 Å². The Bertz CT molecular complexity index is 674. The van der Waals surface area contributed by atoms with E-state index in [1.807, 2.05) is 55.1 Å². The van der Waals surface area contributed by atoms with Gasteiger partial charge < -0.3 is 15.0 Å². The third-order valence-electron chi connectivity index (χ3n) is 3.73. The van der Waals surface area contributed by atoms with Gasteiger partial charge in [-0.05, 0) is 37.6 Å². The summed E-state index contributed by atoms with van der Waals surface area (Å²) >= 11 is 6.10. The molecule has 0 aromatic heterocycles. The molecule has 1 amide bonds. The molecule has 0 saturated carbocycles. The van der Waals surface area contributed by atoms with Gasteiger partial charge >= 0.3 is 0 Å². The van der Waals surface area contributed by atoms with Gasteiger partial charge in [-0.2, -0.15) is 0 Å². The summed E-state index contributed by atoms with van der Waals surface area (Å²) in [7, 11) is 1.57. The number of rotatable bonds is 7. The minimum absolute atomic E-state index is 0.0424. The van der Waals surface area contributed by atoms with Gasteiger partial charge in [0.05, 0.1) is 18.7 Å². The number of hydrogen-bond donors (Lipinski definition) is 1. The van der Waals surface area contributed by atoms with Crippen molar-refractivity contribution < 1.29 is 9.53 Å². The van der Waals surface area contributed by atoms with E-state index >= 15 is 0 Å². The predicted octanol–water partition coefficient (Wildman–Crippen LogP) is 4.20. The van der Waals surface area contributed by atoms with Gasteiger partial charge in [-0.15, -0.1) is 0 Å². The zero-order chi connectivity index (χ0) is 17.5. The SMILES string of the molecule is COc1ccc(NCC(=O)N(Cc2ccccc2)C(C)C)cc1Cl. The molecule has 0 aliphatic rings. The molecule has 2 aromatic rings. The van der Waals surface area contributed by atoms with Crippen molar-refractivity contribution in [3.8, 4) is 5.75 Å². The van der Waals surface area contributed by atoms with Gasteiger partial charge in [0.15, 0.2) is 0 Å². The Morgan fingerprint density at radius 1 is 1.21 bits per heavy atom. The highest BCUT2D eigenvalue weighted by molar-refractivity contribution is 6.32. The molecule has 0 unspecified atom stereocenters. The lowest BCUT2D eigenvalue weighted by Gasteiger charge is -2.27. The Hall–Kier alpha value is -2.20. The van der Waals surface area contributed by atoms with Crippen molar-refractivity contribution in [1.82, 2.24) is 4.90 Å². The minimum atomic E-state index is 0.0424. The Morgan fingerprint density at radius 2 is 1.92 bits per heavy atom. The molecule has 0 saturated heterocycles. The van der Waals surface area contributed by atoms with Crippen LogP contribution in [0.25, 0.3) is 0 Å². The molecular formula is C19H23ClN2O2. The van der Waals surface area contributed by atoms with Crippen molar-refractivity contribution in [3.63, 3.8) is 0 Å². The van der Waals surface area contributed by atoms with Crippen LogP contribution in [0.15, 0.2) is 48.5 Å². The molecular weight excluding hydrogens is 324 g/mol. The van der Waals surface area contributed by atoms with Crippen LogP contribution in [0, 0.1) is 0 Å². The van der Waals surface area contributed by atoms with E-state index in [1.165, 1.54) is 0 Å². The summed E-state index contributed by atoms with van der Waals surface area (Å²) in [4.78, 5) is 14.4. The number of carbonyl (C=O) groups is 1. The van der Waals surface area contributed by atoms with Gasteiger partial charge in [0.1, 0.15) is 5.75 Å². The standard InChI is InChI=1S/C19H23ClN2O2/c1-14(2)22(13-15-7-5-4-6-8-15)19(23)12-21-16-9-10-18(24-3)17(20)11-16/h4-11,14,21H,12-13H2,1-3H3. The van der Waals surface area contributed by atoms with Crippen LogP contribution in [0.3, 0.4) is 0 Å². The van der Waals surface area contributed by atoms with Crippen LogP contribution in [-0.4, -0.2) is 30.5 Å². The van der Waals surface area contributed by atoms with Crippen molar-refractivity contribution in [2.45, 2.75) is 26.4 Å². The highest BCUT2D eigenvalue weighted by Gasteiger charge is 2.17. The van der Waals surface area contributed by atoms with Crippen LogP contribution < -0.4 is 10.1 Å². The summed E-state index contributed by atoms with van der Waals surface area (Å²) in [6.45, 7) is 4.85. The summed E-state index contributed by atoms with van der Waals surface area (Å²) < 4.78 is 5.13. The average molecular weight is 347 g/mol. The second-order valence-electron chi connectivity index (χ2n) is 5.80. The van der Waals surface area contributed by atoms with E-state index in [0.29, 0.717) is 17.3 Å². The van der Waals surface area contributed by atoms with Crippen molar-refractivity contribution in [2.75, 3.05) is 19.0 Å². The van der Waals surface area contributed by atoms with Crippen molar-refractivity contribution in [1.29, 1.82) is 0 Å². The number of methoxy groups -OCH3 is 1. The van der Waals surface area contributed by atoms with Gasteiger partial charge in [0.2, 0.25) is 5.91 Å². The molecule has 0 aliphatic heterocycles. The molecule has 0 radical (unpaired) electrons. The van der Waals surface area contributed by atoms with Gasteiger partial charge in [0.25, 0.3) is 0 Å². The Morgan fingerprint density at radius 3 is 2.50 bits per heavy atom. The summed E-state index contributed by atoms with van der Waals surface area (Å²) in [6.07, 6.45) is 0. The van der Waals surface area contributed by atoms with E-state index in [9.17, 15) is 4.79 Å². The zero-order valence-electron chi connectivity index (χ0n) is 14.3. The molecule has 0 aliphatic carbocycles. The second kappa shape index (κ2) is 8.60. The van der Waals surface area contributed by atoms with E-state index in [1.54, 1.807) is 19.2 Å². The number of hydrogen-bond acceptors (Lipinski definition) is 3. The lowest BCUT2D eigenvalue weighted by Crippen LogP contribution is -2.39. The first kappa shape index (κ1) is 18.1. The number of halogens is 1. The van der Waals surface area contributed by atoms with Crippen LogP contribution >= 0.6 is 11.6 Å². The van der Waals surface area contributed by atoms with E-state index in [-0.39, 0.29) is 18.5 Å². The minimum Gasteiger partial charge on any atom is -0.495 e. The van der Waals surface area contributed by atoms with Crippen molar-refractivity contribution in [2.24, 2.45) is 0 Å². The fourth-order valence-corrected chi connectivity index (χ4v) is 2.65. The molecule has 24 heavy (non-hydrogen) atoms. The zero-order valence-corrected chi connectivity index (χ0v) is 15.0. The van der Waals surface area contributed by atoms with Crippen LogP contribution in [-0.2, 0) is 11.3 Å². The van der Waals surface area contributed by atoms with Gasteiger partial charge in [0, 0.05) is 18.3 Å². The number of anilines is 1. The van der Waals surface area contributed by atoms with Gasteiger partial charge in [-0.3, -0.25) is 4.79 Å². The third-order valence-corrected chi connectivity index (χ3v) is 4.03. The molecule has 1 N–H and O–H groups in total. The lowest BCUT2D eigenvalue weighted by molar-refractivity contribution is -0.131. The number of benzene rings is 2. The second-order valence-corrected chi connectivity index (χ2v) is 6.21. The molecule has 128 valence electrons. The highest BCUT2D eigenvalue weighted by atomic mass is 35.5.